The van der Waals surface area contributed by atoms with Gasteiger partial charge >= 0.3 is 6.18 Å². The van der Waals surface area contributed by atoms with Gasteiger partial charge in [0.1, 0.15) is 12.3 Å². The monoisotopic (exact) mass is 356 g/mol. The van der Waals surface area contributed by atoms with Crippen molar-refractivity contribution in [1.82, 2.24) is 4.57 Å². The Morgan fingerprint density at radius 2 is 1.84 bits per heavy atom. The van der Waals surface area contributed by atoms with Crippen LogP contribution in [0.4, 0.5) is 18.9 Å². The van der Waals surface area contributed by atoms with Crippen LogP contribution >= 0.6 is 0 Å². The van der Waals surface area contributed by atoms with Crippen molar-refractivity contribution in [2.45, 2.75) is 26.6 Å². The maximum atomic E-state index is 12.6. The van der Waals surface area contributed by atoms with Gasteiger partial charge in [-0.05, 0) is 32.0 Å². The molecule has 0 radical (unpaired) electrons. The number of benzene rings is 1. The van der Waals surface area contributed by atoms with Crippen molar-refractivity contribution in [1.29, 1.82) is 0 Å². The number of alkyl halides is 3. The lowest BCUT2D eigenvalue weighted by atomic mass is 10.1. The maximum Gasteiger partial charge on any atom is 0.406 e. The summed E-state index contributed by atoms with van der Waals surface area (Å²) in [6, 6.07) is 6.54. The molecular weight excluding hydrogens is 341 g/mol. The number of ketones is 1. The van der Waals surface area contributed by atoms with E-state index in [9.17, 15) is 28.1 Å². The highest BCUT2D eigenvalue weighted by Gasteiger charge is 2.30. The Morgan fingerprint density at radius 3 is 2.36 bits per heavy atom. The molecule has 0 aliphatic rings. The molecule has 0 saturated carbocycles. The van der Waals surface area contributed by atoms with Crippen molar-refractivity contribution >= 4 is 11.5 Å². The molecule has 1 aromatic carbocycles. The van der Waals surface area contributed by atoms with Gasteiger partial charge in [0, 0.05) is 29.1 Å². The maximum absolute atomic E-state index is 12.6. The number of hydrogen-bond acceptors (Lipinski definition) is 4. The summed E-state index contributed by atoms with van der Waals surface area (Å²) in [7, 11) is 0. The molecule has 0 fully saturated rings. The van der Waals surface area contributed by atoms with Gasteiger partial charge in [-0.15, -0.1) is 0 Å². The molecule has 2 aromatic rings. The van der Waals surface area contributed by atoms with Crippen LogP contribution < -0.4 is 4.74 Å². The van der Waals surface area contributed by atoms with E-state index in [-0.39, 0.29) is 29.3 Å². The van der Waals surface area contributed by atoms with Gasteiger partial charge in [-0.1, -0.05) is 0 Å². The van der Waals surface area contributed by atoms with Gasteiger partial charge in [0.05, 0.1) is 4.92 Å². The number of aryl methyl sites for hydroxylation is 1. The van der Waals surface area contributed by atoms with Crippen LogP contribution in [0.2, 0.25) is 0 Å². The quantitative estimate of drug-likeness (QED) is 0.448. The predicted molar refractivity (Wildman–Crippen MR) is 82.9 cm³/mol. The fourth-order valence-electron chi connectivity index (χ4n) is 2.40. The molecule has 0 atom stereocenters. The molecule has 0 unspecified atom stereocenters. The summed E-state index contributed by atoms with van der Waals surface area (Å²) in [4.78, 5) is 22.2. The number of rotatable bonds is 6. The Balaban J connectivity index is 2.08. The topological polar surface area (TPSA) is 74.4 Å². The Morgan fingerprint density at radius 1 is 1.24 bits per heavy atom. The lowest BCUT2D eigenvalue weighted by molar-refractivity contribution is -0.384. The van der Waals surface area contributed by atoms with E-state index in [2.05, 4.69) is 0 Å². The second-order valence-corrected chi connectivity index (χ2v) is 5.45. The number of nitro benzene ring substituents is 1. The molecule has 0 aliphatic carbocycles. The summed E-state index contributed by atoms with van der Waals surface area (Å²) in [5, 5.41) is 10.6. The smallest absolute Gasteiger partial charge is 0.406 e. The molecule has 0 aliphatic heterocycles. The molecule has 0 bridgehead atoms. The molecule has 0 N–H and O–H groups in total. The van der Waals surface area contributed by atoms with Crippen molar-refractivity contribution in [2.75, 3.05) is 6.61 Å². The number of halogens is 3. The summed E-state index contributed by atoms with van der Waals surface area (Å²) >= 11 is 0. The average molecular weight is 356 g/mol. The van der Waals surface area contributed by atoms with Crippen molar-refractivity contribution < 1.29 is 27.6 Å². The van der Waals surface area contributed by atoms with Gasteiger partial charge < -0.3 is 9.30 Å². The Hall–Kier alpha value is -2.84. The van der Waals surface area contributed by atoms with Crippen LogP contribution in [0.1, 0.15) is 21.7 Å². The van der Waals surface area contributed by atoms with E-state index in [1.165, 1.54) is 44.2 Å². The summed E-state index contributed by atoms with van der Waals surface area (Å²) in [6.07, 6.45) is -4.38. The van der Waals surface area contributed by atoms with Crippen LogP contribution in [0.15, 0.2) is 30.3 Å². The molecule has 2 rings (SSSR count). The lowest BCUT2D eigenvalue weighted by Crippen LogP contribution is -2.20. The lowest BCUT2D eigenvalue weighted by Gasteiger charge is -2.12. The first-order valence-electron chi connectivity index (χ1n) is 7.22. The van der Waals surface area contributed by atoms with E-state index in [0.717, 1.165) is 4.57 Å². The van der Waals surface area contributed by atoms with Crippen molar-refractivity contribution in [3.63, 3.8) is 0 Å². The summed E-state index contributed by atoms with van der Waals surface area (Å²) in [5.41, 5.74) is 0.582. The number of aromatic nitrogens is 1. The zero-order valence-electron chi connectivity index (χ0n) is 13.5. The third-order valence-electron chi connectivity index (χ3n) is 3.63. The fraction of sp³-hybridized carbons (Fsp3) is 0.312. The number of ether oxygens (including phenoxy) is 1. The minimum atomic E-state index is -4.38. The molecule has 1 aromatic heterocycles. The predicted octanol–water partition coefficient (Wildman–Crippen LogP) is 3.84. The number of carbonyl (C=O) groups excluding carboxylic acids is 1. The third kappa shape index (κ3) is 4.59. The SMILES string of the molecule is Cc1cc(C(=O)COc2ccc([N+](=O)[O-])cc2)c(C)n1CC(F)(F)F. The van der Waals surface area contributed by atoms with Gasteiger partial charge in [-0.3, -0.25) is 14.9 Å². The molecule has 134 valence electrons. The highest BCUT2D eigenvalue weighted by molar-refractivity contribution is 5.98. The van der Waals surface area contributed by atoms with Gasteiger partial charge in [0.25, 0.3) is 5.69 Å². The Bertz CT molecular complexity index is 795. The summed E-state index contributed by atoms with van der Waals surface area (Å²) in [6.45, 7) is 1.39. The van der Waals surface area contributed by atoms with E-state index >= 15 is 0 Å². The number of hydrogen-bond donors (Lipinski definition) is 0. The summed E-state index contributed by atoms with van der Waals surface area (Å²) < 4.78 is 44.1. The largest absolute Gasteiger partial charge is 0.485 e. The van der Waals surface area contributed by atoms with Crippen LogP contribution in [0.5, 0.6) is 5.75 Å². The molecule has 6 nitrogen and oxygen atoms in total. The van der Waals surface area contributed by atoms with Crippen LogP contribution in [0.25, 0.3) is 0 Å². The van der Waals surface area contributed by atoms with Gasteiger partial charge in [0.2, 0.25) is 5.78 Å². The number of nitro groups is 1. The fourth-order valence-corrected chi connectivity index (χ4v) is 2.40. The highest BCUT2D eigenvalue weighted by Crippen LogP contribution is 2.24. The van der Waals surface area contributed by atoms with E-state index in [0.29, 0.717) is 5.69 Å². The first-order valence-corrected chi connectivity index (χ1v) is 7.22. The van der Waals surface area contributed by atoms with Crippen molar-refractivity contribution in [2.24, 2.45) is 0 Å². The van der Waals surface area contributed by atoms with E-state index in [4.69, 9.17) is 4.74 Å². The zero-order valence-corrected chi connectivity index (χ0v) is 13.5. The number of nitrogens with zero attached hydrogens (tertiary/aromatic N) is 2. The third-order valence-corrected chi connectivity index (χ3v) is 3.63. The van der Waals surface area contributed by atoms with Crippen LogP contribution in [-0.2, 0) is 6.54 Å². The molecule has 0 saturated heterocycles. The average Bonchev–Trinajstić information content (AvgIpc) is 2.79. The van der Waals surface area contributed by atoms with Crippen molar-refractivity contribution in [3.8, 4) is 5.75 Å². The number of non-ortho nitro benzene ring substituents is 1. The van der Waals surface area contributed by atoms with Crippen LogP contribution in [-0.4, -0.2) is 28.1 Å². The minimum absolute atomic E-state index is 0.116. The highest BCUT2D eigenvalue weighted by atomic mass is 19.4. The van der Waals surface area contributed by atoms with Crippen LogP contribution in [0, 0.1) is 24.0 Å². The first kappa shape index (κ1) is 18.5. The van der Waals surface area contributed by atoms with E-state index in [1.54, 1.807) is 0 Å². The Kier molecular flexibility index (Phi) is 5.15. The Labute approximate surface area is 141 Å². The minimum Gasteiger partial charge on any atom is -0.485 e. The second-order valence-electron chi connectivity index (χ2n) is 5.45. The van der Waals surface area contributed by atoms with E-state index in [1.807, 2.05) is 0 Å². The molecule has 9 heteroatoms. The van der Waals surface area contributed by atoms with Gasteiger partial charge in [0.15, 0.2) is 6.61 Å². The van der Waals surface area contributed by atoms with Crippen LogP contribution in [0.3, 0.4) is 0 Å². The number of carbonyl (C=O) groups is 1. The molecule has 25 heavy (non-hydrogen) atoms. The molecule has 0 amide bonds. The zero-order chi connectivity index (χ0) is 18.8. The van der Waals surface area contributed by atoms with Gasteiger partial charge in [-0.2, -0.15) is 13.2 Å². The second kappa shape index (κ2) is 6.96. The number of Topliss-reactive ketones (excluding diaryl/α,β-unsaturated/α-hetero) is 1. The van der Waals surface area contributed by atoms with Gasteiger partial charge in [-0.25, -0.2) is 0 Å². The summed E-state index contributed by atoms with van der Waals surface area (Å²) in [5.74, 6) is -0.220. The molecular formula is C16H15F3N2O4. The standard InChI is InChI=1S/C16H15F3N2O4/c1-10-7-14(11(2)20(10)9-16(17,18)19)15(22)8-25-13-5-3-12(4-6-13)21(23)24/h3-7H,8-9H2,1-2H3. The normalized spacial score (nSPS) is 11.4. The van der Waals surface area contributed by atoms with E-state index < -0.39 is 23.4 Å². The molecule has 1 heterocycles. The first-order chi connectivity index (χ1) is 11.6. The molecule has 0 spiro atoms. The van der Waals surface area contributed by atoms with Crippen molar-refractivity contribution in [3.05, 3.63) is 57.4 Å².